The van der Waals surface area contributed by atoms with E-state index in [9.17, 15) is 0 Å². The Kier molecular flexibility index (Phi) is 3.38. The summed E-state index contributed by atoms with van der Waals surface area (Å²) in [5.41, 5.74) is 2.86. The molecule has 6 heteroatoms. The largest absolute Gasteiger partial charge is 0.342 e. The predicted molar refractivity (Wildman–Crippen MR) is 83.6 cm³/mol. The zero-order valence-corrected chi connectivity index (χ0v) is 12.6. The van der Waals surface area contributed by atoms with Crippen LogP contribution in [0.2, 0.25) is 0 Å². The lowest BCUT2D eigenvalue weighted by Gasteiger charge is -2.18. The molecule has 3 aromatic rings. The molecule has 0 amide bonds. The second kappa shape index (κ2) is 5.53. The number of hydrogen-bond donors (Lipinski definition) is 2. The van der Waals surface area contributed by atoms with E-state index in [1.165, 1.54) is 0 Å². The van der Waals surface area contributed by atoms with E-state index in [0.29, 0.717) is 11.7 Å². The van der Waals surface area contributed by atoms with Crippen molar-refractivity contribution in [1.29, 1.82) is 0 Å². The summed E-state index contributed by atoms with van der Waals surface area (Å²) < 4.78 is 5.51. The Balaban J connectivity index is 1.72. The molecule has 0 radical (unpaired) electrons. The van der Waals surface area contributed by atoms with Crippen LogP contribution >= 0.6 is 0 Å². The lowest BCUT2D eigenvalue weighted by Crippen LogP contribution is -2.26. The number of imidazole rings is 1. The number of rotatable bonds is 3. The van der Waals surface area contributed by atoms with E-state index >= 15 is 0 Å². The molecular formula is C16H19N5O. The van der Waals surface area contributed by atoms with E-state index in [1.807, 2.05) is 18.2 Å². The first-order valence-electron chi connectivity index (χ1n) is 7.87. The lowest BCUT2D eigenvalue weighted by molar-refractivity contribution is 0.320. The standard InChI is InChI=1S/C16H19N5O/c1-2-13-18-12-5-3-4-11(14(12)19-13)15-20-16(22-21-15)10-6-8-17-9-7-10/h3-5,10,17H,2,6-9H2,1H3,(H,18,19). The Morgan fingerprint density at radius 1 is 1.23 bits per heavy atom. The van der Waals surface area contributed by atoms with Gasteiger partial charge >= 0.3 is 0 Å². The molecule has 0 unspecified atom stereocenters. The second-order valence-electron chi connectivity index (χ2n) is 5.72. The van der Waals surface area contributed by atoms with E-state index in [0.717, 1.165) is 60.7 Å². The fourth-order valence-electron chi connectivity index (χ4n) is 3.01. The van der Waals surface area contributed by atoms with Crippen LogP contribution in [0.4, 0.5) is 0 Å². The molecule has 1 aromatic carbocycles. The number of benzene rings is 1. The fourth-order valence-corrected chi connectivity index (χ4v) is 3.01. The predicted octanol–water partition coefficient (Wildman–Crippen LogP) is 2.64. The van der Waals surface area contributed by atoms with Gasteiger partial charge in [-0.15, -0.1) is 0 Å². The Labute approximate surface area is 128 Å². The Hall–Kier alpha value is -2.21. The quantitative estimate of drug-likeness (QED) is 0.777. The van der Waals surface area contributed by atoms with E-state index < -0.39 is 0 Å². The first-order valence-corrected chi connectivity index (χ1v) is 7.87. The topological polar surface area (TPSA) is 79.6 Å². The summed E-state index contributed by atoms with van der Waals surface area (Å²) in [6.07, 6.45) is 2.98. The maximum absolute atomic E-state index is 5.51. The van der Waals surface area contributed by atoms with Crippen LogP contribution in [0, 0.1) is 0 Å². The average Bonchev–Trinajstić information content (AvgIpc) is 3.22. The molecule has 22 heavy (non-hydrogen) atoms. The first-order chi connectivity index (χ1) is 10.8. The molecule has 6 nitrogen and oxygen atoms in total. The third kappa shape index (κ3) is 2.29. The number of aromatic nitrogens is 4. The zero-order chi connectivity index (χ0) is 14.9. The number of nitrogens with zero attached hydrogens (tertiary/aromatic N) is 3. The summed E-state index contributed by atoms with van der Waals surface area (Å²) in [4.78, 5) is 12.6. The van der Waals surface area contributed by atoms with E-state index in [-0.39, 0.29) is 0 Å². The van der Waals surface area contributed by atoms with Gasteiger partial charge in [0.2, 0.25) is 11.7 Å². The molecule has 114 valence electrons. The molecule has 1 aliphatic rings. The molecule has 0 aliphatic carbocycles. The maximum atomic E-state index is 5.51. The van der Waals surface area contributed by atoms with Crippen LogP contribution < -0.4 is 5.32 Å². The molecule has 3 heterocycles. The highest BCUT2D eigenvalue weighted by atomic mass is 16.5. The van der Waals surface area contributed by atoms with Crippen LogP contribution in [0.15, 0.2) is 22.7 Å². The van der Waals surface area contributed by atoms with Gasteiger partial charge in [-0.2, -0.15) is 4.98 Å². The highest BCUT2D eigenvalue weighted by Gasteiger charge is 2.22. The Morgan fingerprint density at radius 3 is 2.91 bits per heavy atom. The van der Waals surface area contributed by atoms with Crippen molar-refractivity contribution >= 4 is 11.0 Å². The van der Waals surface area contributed by atoms with Crippen LogP contribution in [-0.4, -0.2) is 33.2 Å². The number of hydrogen-bond acceptors (Lipinski definition) is 5. The normalized spacial score (nSPS) is 16.4. The minimum Gasteiger partial charge on any atom is -0.342 e. The summed E-state index contributed by atoms with van der Waals surface area (Å²) in [5.74, 6) is 2.73. The molecule has 2 aromatic heterocycles. The Morgan fingerprint density at radius 2 is 2.09 bits per heavy atom. The summed E-state index contributed by atoms with van der Waals surface area (Å²) >= 11 is 0. The highest BCUT2D eigenvalue weighted by Crippen LogP contribution is 2.29. The molecule has 1 aliphatic heterocycles. The van der Waals surface area contributed by atoms with Crippen LogP contribution in [0.25, 0.3) is 22.4 Å². The van der Waals surface area contributed by atoms with Gasteiger partial charge < -0.3 is 14.8 Å². The van der Waals surface area contributed by atoms with Crippen LogP contribution in [0.3, 0.4) is 0 Å². The van der Waals surface area contributed by atoms with Crippen molar-refractivity contribution in [2.45, 2.75) is 32.1 Å². The van der Waals surface area contributed by atoms with Gasteiger partial charge in [0.05, 0.1) is 16.6 Å². The summed E-state index contributed by atoms with van der Waals surface area (Å²) in [6.45, 7) is 4.11. The van der Waals surface area contributed by atoms with Crippen molar-refractivity contribution in [2.75, 3.05) is 13.1 Å². The molecule has 0 spiro atoms. The van der Waals surface area contributed by atoms with Crippen molar-refractivity contribution < 1.29 is 4.52 Å². The molecule has 0 atom stereocenters. The summed E-state index contributed by atoms with van der Waals surface area (Å²) in [7, 11) is 0. The molecule has 2 N–H and O–H groups in total. The minimum absolute atomic E-state index is 0.368. The molecule has 0 saturated carbocycles. The Bertz CT molecular complexity index is 785. The molecule has 1 saturated heterocycles. The number of H-pyrrole nitrogens is 1. The SMILES string of the molecule is CCc1nc2c(-c3noc(C4CCNCC4)n3)cccc2[nH]1. The number of piperidine rings is 1. The minimum atomic E-state index is 0.368. The van der Waals surface area contributed by atoms with Crippen LogP contribution in [0.1, 0.15) is 37.4 Å². The average molecular weight is 297 g/mol. The van der Waals surface area contributed by atoms with Gasteiger partial charge in [-0.3, -0.25) is 0 Å². The maximum Gasteiger partial charge on any atom is 0.230 e. The van der Waals surface area contributed by atoms with Crippen LogP contribution in [0.5, 0.6) is 0 Å². The summed E-state index contributed by atoms with van der Waals surface area (Å²) in [6, 6.07) is 6.02. The van der Waals surface area contributed by atoms with Gasteiger partial charge in [0.25, 0.3) is 0 Å². The second-order valence-corrected chi connectivity index (χ2v) is 5.72. The van der Waals surface area contributed by atoms with Gasteiger partial charge in [-0.05, 0) is 38.1 Å². The number of para-hydroxylation sites is 1. The van der Waals surface area contributed by atoms with Gasteiger partial charge in [0, 0.05) is 12.3 Å². The highest BCUT2D eigenvalue weighted by molar-refractivity contribution is 5.89. The third-order valence-electron chi connectivity index (χ3n) is 4.27. The van der Waals surface area contributed by atoms with Gasteiger partial charge in [-0.25, -0.2) is 4.98 Å². The van der Waals surface area contributed by atoms with Crippen molar-refractivity contribution in [1.82, 2.24) is 25.4 Å². The first kappa shape index (κ1) is 13.5. The smallest absolute Gasteiger partial charge is 0.230 e. The number of aromatic amines is 1. The van der Waals surface area contributed by atoms with E-state index in [4.69, 9.17) is 4.52 Å². The van der Waals surface area contributed by atoms with Gasteiger partial charge in [0.15, 0.2) is 0 Å². The van der Waals surface area contributed by atoms with E-state index in [1.54, 1.807) is 0 Å². The zero-order valence-electron chi connectivity index (χ0n) is 12.6. The monoisotopic (exact) mass is 297 g/mol. The van der Waals surface area contributed by atoms with Crippen molar-refractivity contribution in [3.8, 4) is 11.4 Å². The molecule has 0 bridgehead atoms. The van der Waals surface area contributed by atoms with Crippen molar-refractivity contribution in [2.24, 2.45) is 0 Å². The van der Waals surface area contributed by atoms with Crippen LogP contribution in [-0.2, 0) is 6.42 Å². The number of fused-ring (bicyclic) bond motifs is 1. The number of aryl methyl sites for hydroxylation is 1. The van der Waals surface area contributed by atoms with Crippen molar-refractivity contribution in [3.63, 3.8) is 0 Å². The lowest BCUT2D eigenvalue weighted by atomic mass is 9.98. The molecule has 4 rings (SSSR count). The molecular weight excluding hydrogens is 278 g/mol. The third-order valence-corrected chi connectivity index (χ3v) is 4.27. The van der Waals surface area contributed by atoms with Gasteiger partial charge in [0.1, 0.15) is 5.82 Å². The summed E-state index contributed by atoms with van der Waals surface area (Å²) in [5, 5.41) is 7.54. The molecule has 1 fully saturated rings. The van der Waals surface area contributed by atoms with E-state index in [2.05, 4.69) is 32.3 Å². The fraction of sp³-hybridized carbons (Fsp3) is 0.438. The number of nitrogens with one attached hydrogen (secondary N) is 2. The van der Waals surface area contributed by atoms with Crippen molar-refractivity contribution in [3.05, 3.63) is 29.9 Å². The van der Waals surface area contributed by atoms with Gasteiger partial charge in [-0.1, -0.05) is 18.1 Å².